The number of rotatable bonds is 10. The van der Waals surface area contributed by atoms with Gasteiger partial charge in [0.05, 0.1) is 17.4 Å². The van der Waals surface area contributed by atoms with E-state index in [4.69, 9.17) is 10.2 Å². The van der Waals surface area contributed by atoms with Gasteiger partial charge in [-0.25, -0.2) is 10.5 Å². The molecule has 1 aromatic heterocycles. The van der Waals surface area contributed by atoms with E-state index in [0.717, 1.165) is 41.5 Å². The molecule has 0 aliphatic carbocycles. The van der Waals surface area contributed by atoms with Crippen LogP contribution >= 0.6 is 27.7 Å². The standard InChI is InChI=1S/C22H24BrN3O3S/c23-17-11-12-18-19(14-17)24-22(30-13-7-2-1-6-10-20(27)25-29)26(21(18)28)15-16-8-4-3-5-9-16/h3-5,8-9,11-12,14,29H,1-2,6-7,10,13,15H2,(H,25,27). The average molecular weight is 490 g/mol. The topological polar surface area (TPSA) is 84.2 Å². The van der Waals surface area contributed by atoms with E-state index < -0.39 is 0 Å². The first-order chi connectivity index (χ1) is 14.6. The lowest BCUT2D eigenvalue weighted by atomic mass is 10.1. The van der Waals surface area contributed by atoms with E-state index in [9.17, 15) is 9.59 Å². The van der Waals surface area contributed by atoms with Gasteiger partial charge in [0.2, 0.25) is 5.91 Å². The molecular formula is C22H24BrN3O3S. The first-order valence-corrected chi connectivity index (χ1v) is 11.7. The molecule has 158 valence electrons. The minimum absolute atomic E-state index is 0.0335. The Kier molecular flexibility index (Phi) is 8.48. The van der Waals surface area contributed by atoms with E-state index >= 15 is 0 Å². The lowest BCUT2D eigenvalue weighted by Crippen LogP contribution is -2.24. The Morgan fingerprint density at radius 2 is 1.87 bits per heavy atom. The molecule has 0 fully saturated rings. The molecule has 0 bridgehead atoms. The molecule has 30 heavy (non-hydrogen) atoms. The Hall–Kier alpha value is -2.16. The fourth-order valence-corrected chi connectivity index (χ4v) is 4.50. The number of hydrogen-bond acceptors (Lipinski definition) is 5. The van der Waals surface area contributed by atoms with Gasteiger partial charge >= 0.3 is 0 Å². The number of thioether (sulfide) groups is 1. The highest BCUT2D eigenvalue weighted by Crippen LogP contribution is 2.22. The number of unbranched alkanes of at least 4 members (excludes halogenated alkanes) is 3. The molecule has 0 aliphatic rings. The number of nitrogens with one attached hydrogen (secondary N) is 1. The summed E-state index contributed by atoms with van der Waals surface area (Å²) in [5.41, 5.74) is 3.37. The van der Waals surface area contributed by atoms with Gasteiger partial charge in [-0.1, -0.05) is 70.9 Å². The fourth-order valence-electron chi connectivity index (χ4n) is 3.15. The molecule has 3 aromatic rings. The Bertz CT molecular complexity index is 1060. The van der Waals surface area contributed by atoms with Crippen molar-refractivity contribution in [3.8, 4) is 0 Å². The van der Waals surface area contributed by atoms with Gasteiger partial charge in [0, 0.05) is 16.6 Å². The highest BCUT2D eigenvalue weighted by Gasteiger charge is 2.12. The summed E-state index contributed by atoms with van der Waals surface area (Å²) in [6, 6.07) is 15.5. The SMILES string of the molecule is O=C(CCCCCCSc1nc2cc(Br)ccc2c(=O)n1Cc1ccccc1)NO. The molecule has 1 heterocycles. The number of aromatic nitrogens is 2. The summed E-state index contributed by atoms with van der Waals surface area (Å²) in [6.07, 6.45) is 3.94. The maximum atomic E-state index is 13.2. The van der Waals surface area contributed by atoms with E-state index in [1.54, 1.807) is 21.8 Å². The van der Waals surface area contributed by atoms with Gasteiger partial charge in [-0.15, -0.1) is 0 Å². The third-order valence-electron chi connectivity index (χ3n) is 4.72. The van der Waals surface area contributed by atoms with Crippen LogP contribution in [0.5, 0.6) is 0 Å². The largest absolute Gasteiger partial charge is 0.289 e. The Labute approximate surface area is 187 Å². The number of hydrogen-bond donors (Lipinski definition) is 2. The molecule has 0 spiro atoms. The van der Waals surface area contributed by atoms with Crippen LogP contribution in [0.1, 0.15) is 37.7 Å². The quantitative estimate of drug-likeness (QED) is 0.141. The molecule has 0 saturated heterocycles. The van der Waals surface area contributed by atoms with Gasteiger partial charge in [-0.3, -0.25) is 19.4 Å². The van der Waals surface area contributed by atoms with Crippen molar-refractivity contribution in [2.45, 2.75) is 43.8 Å². The van der Waals surface area contributed by atoms with Crippen molar-refractivity contribution in [1.29, 1.82) is 0 Å². The number of fused-ring (bicyclic) bond motifs is 1. The molecule has 2 N–H and O–H groups in total. The lowest BCUT2D eigenvalue weighted by molar-refractivity contribution is -0.129. The van der Waals surface area contributed by atoms with Crippen molar-refractivity contribution < 1.29 is 10.0 Å². The van der Waals surface area contributed by atoms with Gasteiger partial charge in [-0.2, -0.15) is 0 Å². The molecular weight excluding hydrogens is 466 g/mol. The van der Waals surface area contributed by atoms with E-state index in [1.165, 1.54) is 0 Å². The van der Waals surface area contributed by atoms with Crippen LogP contribution in [0.15, 0.2) is 63.0 Å². The second-order valence-corrected chi connectivity index (χ2v) is 8.96. The Balaban J connectivity index is 1.72. The number of hydroxylamine groups is 1. The normalized spacial score (nSPS) is 11.0. The Morgan fingerprint density at radius 1 is 1.10 bits per heavy atom. The van der Waals surface area contributed by atoms with E-state index in [1.807, 2.05) is 48.5 Å². The van der Waals surface area contributed by atoms with Crippen molar-refractivity contribution in [3.63, 3.8) is 0 Å². The molecule has 0 aliphatic heterocycles. The van der Waals surface area contributed by atoms with Crippen LogP contribution in [-0.2, 0) is 11.3 Å². The Morgan fingerprint density at radius 3 is 2.63 bits per heavy atom. The zero-order valence-electron chi connectivity index (χ0n) is 16.5. The van der Waals surface area contributed by atoms with Crippen LogP contribution in [0.2, 0.25) is 0 Å². The summed E-state index contributed by atoms with van der Waals surface area (Å²) in [4.78, 5) is 29.0. The first kappa shape index (κ1) is 22.5. The number of carbonyl (C=O) groups excluding carboxylic acids is 1. The fraction of sp³-hybridized carbons (Fsp3) is 0.318. The lowest BCUT2D eigenvalue weighted by Gasteiger charge is -2.13. The minimum atomic E-state index is -0.346. The van der Waals surface area contributed by atoms with Crippen LogP contribution in [0, 0.1) is 0 Å². The summed E-state index contributed by atoms with van der Waals surface area (Å²) < 4.78 is 2.65. The predicted octanol–water partition coefficient (Wildman–Crippen LogP) is 4.76. The summed E-state index contributed by atoms with van der Waals surface area (Å²) in [5, 5.41) is 9.84. The second-order valence-electron chi connectivity index (χ2n) is 6.98. The zero-order chi connectivity index (χ0) is 21.3. The molecule has 0 unspecified atom stereocenters. The maximum Gasteiger partial charge on any atom is 0.262 e. The summed E-state index contributed by atoms with van der Waals surface area (Å²) in [7, 11) is 0. The first-order valence-electron chi connectivity index (χ1n) is 9.88. The summed E-state index contributed by atoms with van der Waals surface area (Å²) in [5.74, 6) is 0.494. The van der Waals surface area contributed by atoms with E-state index in [-0.39, 0.29) is 11.5 Å². The van der Waals surface area contributed by atoms with Crippen molar-refractivity contribution in [1.82, 2.24) is 15.0 Å². The van der Waals surface area contributed by atoms with Gasteiger partial charge in [0.15, 0.2) is 5.16 Å². The van der Waals surface area contributed by atoms with Crippen molar-refractivity contribution in [2.75, 3.05) is 5.75 Å². The van der Waals surface area contributed by atoms with Gasteiger partial charge in [0.25, 0.3) is 5.56 Å². The highest BCUT2D eigenvalue weighted by atomic mass is 79.9. The third kappa shape index (κ3) is 6.17. The van der Waals surface area contributed by atoms with Gasteiger partial charge in [-0.05, 0) is 36.6 Å². The van der Waals surface area contributed by atoms with Crippen LogP contribution in [0.3, 0.4) is 0 Å². The van der Waals surface area contributed by atoms with Crippen molar-refractivity contribution in [2.24, 2.45) is 0 Å². The number of benzene rings is 2. The van der Waals surface area contributed by atoms with E-state index in [2.05, 4.69) is 15.9 Å². The average Bonchev–Trinajstić information content (AvgIpc) is 2.75. The molecule has 6 nitrogen and oxygen atoms in total. The van der Waals surface area contributed by atoms with E-state index in [0.29, 0.717) is 29.0 Å². The van der Waals surface area contributed by atoms with Crippen molar-refractivity contribution >= 4 is 44.5 Å². The zero-order valence-corrected chi connectivity index (χ0v) is 18.9. The number of amides is 1. The molecule has 1 amide bonds. The smallest absolute Gasteiger partial charge is 0.262 e. The molecule has 3 rings (SSSR count). The monoisotopic (exact) mass is 489 g/mol. The van der Waals surface area contributed by atoms with Crippen LogP contribution in [-0.4, -0.2) is 26.4 Å². The van der Waals surface area contributed by atoms with Crippen LogP contribution < -0.4 is 11.0 Å². The van der Waals surface area contributed by atoms with Crippen LogP contribution in [0.4, 0.5) is 0 Å². The molecule has 0 saturated carbocycles. The minimum Gasteiger partial charge on any atom is -0.289 e. The highest BCUT2D eigenvalue weighted by molar-refractivity contribution is 9.10. The van der Waals surface area contributed by atoms with Gasteiger partial charge < -0.3 is 0 Å². The summed E-state index contributed by atoms with van der Waals surface area (Å²) >= 11 is 5.04. The van der Waals surface area contributed by atoms with Crippen LogP contribution in [0.25, 0.3) is 10.9 Å². The molecule has 0 atom stereocenters. The number of halogens is 1. The third-order valence-corrected chi connectivity index (χ3v) is 6.28. The molecule has 8 heteroatoms. The molecule has 2 aromatic carbocycles. The molecule has 0 radical (unpaired) electrons. The predicted molar refractivity (Wildman–Crippen MR) is 123 cm³/mol. The van der Waals surface area contributed by atoms with Gasteiger partial charge in [0.1, 0.15) is 0 Å². The number of carbonyl (C=O) groups is 1. The number of nitrogens with zero attached hydrogens (tertiary/aromatic N) is 2. The summed E-state index contributed by atoms with van der Waals surface area (Å²) in [6.45, 7) is 0.483. The second kappa shape index (κ2) is 11.3. The maximum absolute atomic E-state index is 13.2. The van der Waals surface area contributed by atoms with Crippen molar-refractivity contribution in [3.05, 3.63) is 68.9 Å².